The molecular formula is C18H26N4O3. The number of anilines is 1. The van der Waals surface area contributed by atoms with E-state index in [1.165, 1.54) is 4.90 Å². The Bertz CT molecular complexity index is 708. The minimum absolute atomic E-state index is 0.0517. The number of benzene rings is 1. The Morgan fingerprint density at radius 2 is 2.20 bits per heavy atom. The zero-order valence-electron chi connectivity index (χ0n) is 15.3. The van der Waals surface area contributed by atoms with Gasteiger partial charge in [-0.15, -0.1) is 0 Å². The van der Waals surface area contributed by atoms with Gasteiger partial charge in [0.15, 0.2) is 0 Å². The van der Waals surface area contributed by atoms with Gasteiger partial charge in [0.25, 0.3) is 0 Å². The van der Waals surface area contributed by atoms with Crippen LogP contribution in [-0.4, -0.2) is 72.9 Å². The van der Waals surface area contributed by atoms with Crippen molar-refractivity contribution >= 4 is 22.9 Å². The topological polar surface area (TPSA) is 70.7 Å². The Morgan fingerprint density at radius 3 is 2.92 bits per heavy atom. The van der Waals surface area contributed by atoms with Gasteiger partial charge in [-0.1, -0.05) is 12.1 Å². The number of morpholine rings is 1. The van der Waals surface area contributed by atoms with E-state index in [1.54, 1.807) is 14.1 Å². The molecule has 1 saturated heterocycles. The average molecular weight is 346 g/mol. The molecule has 2 aromatic rings. The number of nitrogens with zero attached hydrogens (tertiary/aromatic N) is 3. The third-order valence-corrected chi connectivity index (χ3v) is 4.19. The molecule has 0 bridgehead atoms. The molecule has 136 valence electrons. The van der Waals surface area contributed by atoms with E-state index in [-0.39, 0.29) is 24.2 Å². The summed E-state index contributed by atoms with van der Waals surface area (Å²) >= 11 is 0. The lowest BCUT2D eigenvalue weighted by molar-refractivity contribution is -0.139. The third-order valence-electron chi connectivity index (χ3n) is 4.19. The number of hydrogen-bond donors (Lipinski definition) is 1. The number of H-pyrrole nitrogens is 1. The van der Waals surface area contributed by atoms with Crippen molar-refractivity contribution in [1.29, 1.82) is 0 Å². The zero-order chi connectivity index (χ0) is 18.0. The molecule has 0 unspecified atom stereocenters. The molecule has 1 atom stereocenters. The predicted octanol–water partition coefficient (Wildman–Crippen LogP) is 1.65. The summed E-state index contributed by atoms with van der Waals surface area (Å²) < 4.78 is 11.7. The highest BCUT2D eigenvalue weighted by atomic mass is 16.6. The van der Waals surface area contributed by atoms with Crippen LogP contribution in [0.15, 0.2) is 24.3 Å². The van der Waals surface area contributed by atoms with Crippen LogP contribution in [0.4, 0.5) is 5.95 Å². The molecule has 0 aliphatic carbocycles. The average Bonchev–Trinajstić information content (AvgIpc) is 2.97. The Balaban J connectivity index is 1.67. The number of amides is 1. The number of fused-ring (bicyclic) bond motifs is 1. The van der Waals surface area contributed by atoms with Gasteiger partial charge in [-0.2, -0.15) is 0 Å². The second kappa shape index (κ2) is 7.01. The number of carbonyl (C=O) groups is 1. The fraction of sp³-hybridized carbons (Fsp3) is 0.556. The number of aromatic amines is 1. The zero-order valence-corrected chi connectivity index (χ0v) is 15.3. The molecule has 1 aliphatic rings. The summed E-state index contributed by atoms with van der Waals surface area (Å²) in [6.45, 7) is 5.95. The monoisotopic (exact) mass is 346 g/mol. The van der Waals surface area contributed by atoms with E-state index in [4.69, 9.17) is 9.47 Å². The number of ether oxygens (including phenoxy) is 2. The molecule has 0 radical (unpaired) electrons. The van der Waals surface area contributed by atoms with Crippen molar-refractivity contribution in [2.45, 2.75) is 25.6 Å². The van der Waals surface area contributed by atoms with Crippen LogP contribution in [0.3, 0.4) is 0 Å². The van der Waals surface area contributed by atoms with Gasteiger partial charge in [-0.3, -0.25) is 4.79 Å². The number of likely N-dealkylation sites (N-methyl/N-ethyl adjacent to an activating group) is 1. The quantitative estimate of drug-likeness (QED) is 0.891. The van der Waals surface area contributed by atoms with Crippen LogP contribution in [0.25, 0.3) is 11.0 Å². The van der Waals surface area contributed by atoms with Crippen molar-refractivity contribution in [2.75, 3.05) is 45.3 Å². The number of hydrogen-bond acceptors (Lipinski definition) is 5. The third kappa shape index (κ3) is 4.29. The summed E-state index contributed by atoms with van der Waals surface area (Å²) in [5.41, 5.74) is 1.65. The lowest BCUT2D eigenvalue weighted by atomic mass is 10.1. The Hall–Kier alpha value is -2.12. The highest BCUT2D eigenvalue weighted by molar-refractivity contribution is 5.77. The molecule has 1 aliphatic heterocycles. The van der Waals surface area contributed by atoms with E-state index in [0.29, 0.717) is 13.2 Å². The largest absolute Gasteiger partial charge is 0.369 e. The van der Waals surface area contributed by atoms with Crippen molar-refractivity contribution < 1.29 is 14.3 Å². The first-order valence-electron chi connectivity index (χ1n) is 8.49. The van der Waals surface area contributed by atoms with Crippen molar-refractivity contribution in [3.05, 3.63) is 24.3 Å². The van der Waals surface area contributed by atoms with Gasteiger partial charge in [0.05, 0.1) is 29.3 Å². The first-order chi connectivity index (χ1) is 11.8. The number of para-hydroxylation sites is 2. The molecular weight excluding hydrogens is 320 g/mol. The van der Waals surface area contributed by atoms with Gasteiger partial charge in [-0.05, 0) is 26.0 Å². The molecule has 0 saturated carbocycles. The number of aromatic nitrogens is 2. The number of rotatable bonds is 5. The maximum atomic E-state index is 11.6. The van der Waals surface area contributed by atoms with Crippen molar-refractivity contribution in [1.82, 2.24) is 14.9 Å². The SMILES string of the molecule is CN(C)C(=O)COC[C@H]1CN(c2nc3ccccc3[nH]2)CC(C)(C)O1. The van der Waals surface area contributed by atoms with Crippen molar-refractivity contribution in [3.63, 3.8) is 0 Å². The summed E-state index contributed by atoms with van der Waals surface area (Å²) in [5, 5.41) is 0. The maximum Gasteiger partial charge on any atom is 0.248 e. The number of carbonyl (C=O) groups excluding carboxylic acids is 1. The normalized spacial score (nSPS) is 20.0. The minimum Gasteiger partial charge on any atom is -0.369 e. The van der Waals surface area contributed by atoms with Crippen LogP contribution in [0.1, 0.15) is 13.8 Å². The highest BCUT2D eigenvalue weighted by Gasteiger charge is 2.34. The van der Waals surface area contributed by atoms with Crippen molar-refractivity contribution in [3.8, 4) is 0 Å². The van der Waals surface area contributed by atoms with Crippen LogP contribution >= 0.6 is 0 Å². The summed E-state index contributed by atoms with van der Waals surface area (Å²) in [5.74, 6) is 0.788. The maximum absolute atomic E-state index is 11.6. The van der Waals surface area contributed by atoms with Gasteiger partial charge in [0.2, 0.25) is 11.9 Å². The molecule has 2 heterocycles. The van der Waals surface area contributed by atoms with Gasteiger partial charge in [-0.25, -0.2) is 4.98 Å². The van der Waals surface area contributed by atoms with Gasteiger partial charge < -0.3 is 24.3 Å². The first-order valence-corrected chi connectivity index (χ1v) is 8.49. The van der Waals surface area contributed by atoms with E-state index < -0.39 is 0 Å². The van der Waals surface area contributed by atoms with Crippen molar-refractivity contribution in [2.24, 2.45) is 0 Å². The Morgan fingerprint density at radius 1 is 1.44 bits per heavy atom. The molecule has 1 N–H and O–H groups in total. The predicted molar refractivity (Wildman–Crippen MR) is 96.8 cm³/mol. The molecule has 1 amide bonds. The van der Waals surface area contributed by atoms with E-state index in [0.717, 1.165) is 23.5 Å². The van der Waals surface area contributed by atoms with E-state index in [2.05, 4.69) is 28.7 Å². The van der Waals surface area contributed by atoms with Crippen LogP contribution < -0.4 is 4.90 Å². The Kier molecular flexibility index (Phi) is 4.96. The molecule has 0 spiro atoms. The molecule has 3 rings (SSSR count). The van der Waals surface area contributed by atoms with E-state index in [9.17, 15) is 4.79 Å². The van der Waals surface area contributed by atoms with Gasteiger partial charge >= 0.3 is 0 Å². The first kappa shape index (κ1) is 17.7. The van der Waals surface area contributed by atoms with Crippen LogP contribution in [0.5, 0.6) is 0 Å². The molecule has 1 fully saturated rings. The molecule has 25 heavy (non-hydrogen) atoms. The van der Waals surface area contributed by atoms with E-state index >= 15 is 0 Å². The second-order valence-electron chi connectivity index (χ2n) is 7.26. The summed E-state index contributed by atoms with van der Waals surface area (Å²) in [7, 11) is 3.43. The fourth-order valence-corrected chi connectivity index (χ4v) is 3.04. The van der Waals surface area contributed by atoms with Gasteiger partial charge in [0, 0.05) is 27.2 Å². The van der Waals surface area contributed by atoms with Crippen LogP contribution in [0.2, 0.25) is 0 Å². The summed E-state index contributed by atoms with van der Waals surface area (Å²) in [4.78, 5) is 23.4. The highest BCUT2D eigenvalue weighted by Crippen LogP contribution is 2.26. The van der Waals surface area contributed by atoms with E-state index in [1.807, 2.05) is 24.3 Å². The second-order valence-corrected chi connectivity index (χ2v) is 7.26. The molecule has 7 nitrogen and oxygen atoms in total. The lowest BCUT2D eigenvalue weighted by Crippen LogP contribution is -2.54. The molecule has 1 aromatic heterocycles. The molecule has 1 aromatic carbocycles. The van der Waals surface area contributed by atoms with Crippen LogP contribution in [-0.2, 0) is 14.3 Å². The number of imidazole rings is 1. The Labute approximate surface area is 147 Å². The summed E-state index contributed by atoms with van der Waals surface area (Å²) in [6, 6.07) is 7.99. The van der Waals surface area contributed by atoms with Crippen LogP contribution in [0, 0.1) is 0 Å². The van der Waals surface area contributed by atoms with Gasteiger partial charge in [0.1, 0.15) is 6.61 Å². The fourth-order valence-electron chi connectivity index (χ4n) is 3.04. The smallest absolute Gasteiger partial charge is 0.248 e. The number of nitrogens with one attached hydrogen (secondary N) is 1. The lowest BCUT2D eigenvalue weighted by Gasteiger charge is -2.42. The molecule has 7 heteroatoms. The summed E-state index contributed by atoms with van der Waals surface area (Å²) in [6.07, 6.45) is -0.119. The standard InChI is InChI=1S/C18H26N4O3/c1-18(2)12-22(17-19-14-7-5-6-8-15(14)20-17)9-13(25-18)10-24-11-16(23)21(3)4/h5-8,13H,9-12H2,1-4H3,(H,19,20)/t13-/m1/s1. The minimum atomic E-state index is -0.323.